The lowest BCUT2D eigenvalue weighted by molar-refractivity contribution is -0.150. The predicted octanol–water partition coefficient (Wildman–Crippen LogP) is 2.32. The van der Waals surface area contributed by atoms with Crippen molar-refractivity contribution in [2.45, 2.75) is 87.3 Å². The summed E-state index contributed by atoms with van der Waals surface area (Å²) in [5, 5.41) is 7.98. The second kappa shape index (κ2) is 5.57. The third kappa shape index (κ3) is 2.34. The van der Waals surface area contributed by atoms with Crippen LogP contribution >= 0.6 is 0 Å². The molecule has 2 heterocycles. The molecule has 1 N–H and O–H groups in total. The first-order valence-corrected chi connectivity index (χ1v) is 10.9. The Morgan fingerprint density at radius 3 is 2.61 bits per heavy atom. The molecule has 1 amide bonds. The van der Waals surface area contributed by atoms with Crippen LogP contribution in [0.25, 0.3) is 0 Å². The van der Waals surface area contributed by atoms with E-state index in [0.717, 1.165) is 57.8 Å². The summed E-state index contributed by atoms with van der Waals surface area (Å²) in [6.07, 6.45) is 14.0. The average molecular weight is 384 g/mol. The number of esters is 1. The standard InChI is InChI=1S/C21H28N4O3/c26-17-6-16(21(28-17)3-1-2-4-21)18(27)24-19-7-14-5-15(8-19)10-20(9-14,11-19)25-13-22-12-23-25/h12-16H,1-11H2,(H,24,27). The molecule has 1 aliphatic heterocycles. The van der Waals surface area contributed by atoms with Crippen molar-refractivity contribution >= 4 is 11.9 Å². The van der Waals surface area contributed by atoms with E-state index in [1.54, 1.807) is 6.33 Å². The summed E-state index contributed by atoms with van der Waals surface area (Å²) in [7, 11) is 0. The molecule has 0 aromatic carbocycles. The van der Waals surface area contributed by atoms with Gasteiger partial charge in [-0.25, -0.2) is 9.67 Å². The second-order valence-corrected chi connectivity index (χ2v) is 10.3. The minimum atomic E-state index is -0.535. The number of ether oxygens (including phenoxy) is 1. The molecule has 6 fully saturated rings. The van der Waals surface area contributed by atoms with E-state index in [2.05, 4.69) is 20.1 Å². The Labute approximate surface area is 164 Å². The smallest absolute Gasteiger partial charge is 0.307 e. The Morgan fingerprint density at radius 2 is 1.93 bits per heavy atom. The van der Waals surface area contributed by atoms with Crippen molar-refractivity contribution < 1.29 is 14.3 Å². The molecule has 0 radical (unpaired) electrons. The molecule has 7 nitrogen and oxygen atoms in total. The first-order valence-electron chi connectivity index (χ1n) is 10.9. The Bertz CT molecular complexity index is 800. The Balaban J connectivity index is 1.29. The summed E-state index contributed by atoms with van der Waals surface area (Å²) < 4.78 is 7.78. The van der Waals surface area contributed by atoms with Gasteiger partial charge in [-0.2, -0.15) is 5.10 Å². The van der Waals surface area contributed by atoms with E-state index < -0.39 is 5.60 Å². The first kappa shape index (κ1) is 17.0. The highest BCUT2D eigenvalue weighted by atomic mass is 16.6. The Kier molecular flexibility index (Phi) is 3.38. The number of hydrogen-bond donors (Lipinski definition) is 1. The van der Waals surface area contributed by atoms with Crippen molar-refractivity contribution in [3.05, 3.63) is 12.7 Å². The van der Waals surface area contributed by atoms with E-state index in [1.807, 2.05) is 6.33 Å². The molecule has 1 spiro atoms. The third-order valence-electron chi connectivity index (χ3n) is 8.41. The molecule has 4 bridgehead atoms. The number of carbonyl (C=O) groups is 2. The maximum atomic E-state index is 13.4. The van der Waals surface area contributed by atoms with Crippen molar-refractivity contribution in [1.82, 2.24) is 20.1 Å². The quantitative estimate of drug-likeness (QED) is 0.809. The number of nitrogens with one attached hydrogen (secondary N) is 1. The summed E-state index contributed by atoms with van der Waals surface area (Å²) in [4.78, 5) is 29.7. The van der Waals surface area contributed by atoms with Crippen molar-refractivity contribution in [1.29, 1.82) is 0 Å². The zero-order chi connectivity index (χ0) is 19.0. The van der Waals surface area contributed by atoms with Crippen LogP contribution in [-0.4, -0.2) is 37.8 Å². The topological polar surface area (TPSA) is 86.1 Å². The maximum Gasteiger partial charge on any atom is 0.307 e. The summed E-state index contributed by atoms with van der Waals surface area (Å²) in [6.45, 7) is 0. The van der Waals surface area contributed by atoms with Gasteiger partial charge in [-0.15, -0.1) is 0 Å². The van der Waals surface area contributed by atoms with Crippen LogP contribution in [0.5, 0.6) is 0 Å². The van der Waals surface area contributed by atoms with Gasteiger partial charge in [0.15, 0.2) is 0 Å². The molecule has 3 unspecified atom stereocenters. The molecule has 1 aromatic heterocycles. The monoisotopic (exact) mass is 384 g/mol. The normalized spacial score (nSPS) is 42.9. The lowest BCUT2D eigenvalue weighted by atomic mass is 9.50. The highest BCUT2D eigenvalue weighted by molar-refractivity contribution is 5.88. The summed E-state index contributed by atoms with van der Waals surface area (Å²) >= 11 is 0. The SMILES string of the molecule is O=C1CC(C(=O)NC23CC4CC(C2)CC(n2cncn2)(C4)C3)C2(CCCC2)O1. The molecule has 1 aromatic rings. The third-order valence-corrected chi connectivity index (χ3v) is 8.41. The number of aromatic nitrogens is 3. The summed E-state index contributed by atoms with van der Waals surface area (Å²) in [5.41, 5.74) is -0.716. The van der Waals surface area contributed by atoms with Crippen LogP contribution in [0.15, 0.2) is 12.7 Å². The van der Waals surface area contributed by atoms with E-state index >= 15 is 0 Å². The maximum absolute atomic E-state index is 13.4. The van der Waals surface area contributed by atoms with Gasteiger partial charge in [-0.05, 0) is 76.0 Å². The van der Waals surface area contributed by atoms with Crippen molar-refractivity contribution in [2.75, 3.05) is 0 Å². The molecule has 6 aliphatic rings. The second-order valence-electron chi connectivity index (χ2n) is 10.3. The first-order chi connectivity index (χ1) is 13.5. The van der Waals surface area contributed by atoms with Crippen molar-refractivity contribution in [3.63, 3.8) is 0 Å². The summed E-state index contributed by atoms with van der Waals surface area (Å²) in [5.74, 6) is 0.785. The van der Waals surface area contributed by atoms with E-state index in [4.69, 9.17) is 4.74 Å². The number of carbonyl (C=O) groups excluding carboxylic acids is 2. The average Bonchev–Trinajstić information content (AvgIpc) is 3.36. The molecule has 150 valence electrons. The van der Waals surface area contributed by atoms with Gasteiger partial charge < -0.3 is 10.1 Å². The molecular weight excluding hydrogens is 356 g/mol. The lowest BCUT2D eigenvalue weighted by Gasteiger charge is -2.62. The van der Waals surface area contributed by atoms with Crippen LogP contribution in [0, 0.1) is 17.8 Å². The lowest BCUT2D eigenvalue weighted by Crippen LogP contribution is -2.66. The van der Waals surface area contributed by atoms with Gasteiger partial charge in [0.2, 0.25) is 5.91 Å². The molecule has 7 rings (SSSR count). The number of hydrogen-bond acceptors (Lipinski definition) is 5. The van der Waals surface area contributed by atoms with Crippen LogP contribution in [0.4, 0.5) is 0 Å². The molecule has 28 heavy (non-hydrogen) atoms. The van der Waals surface area contributed by atoms with Crippen LogP contribution in [0.3, 0.4) is 0 Å². The fourth-order valence-electron chi connectivity index (χ4n) is 7.88. The van der Waals surface area contributed by atoms with E-state index in [1.165, 1.54) is 6.42 Å². The minimum Gasteiger partial charge on any atom is -0.458 e. The Morgan fingerprint density at radius 1 is 1.18 bits per heavy atom. The minimum absolute atomic E-state index is 0.0130. The summed E-state index contributed by atoms with van der Waals surface area (Å²) in [6, 6.07) is 0. The van der Waals surface area contributed by atoms with Gasteiger partial charge >= 0.3 is 5.97 Å². The van der Waals surface area contributed by atoms with Crippen LogP contribution < -0.4 is 5.32 Å². The van der Waals surface area contributed by atoms with Gasteiger partial charge in [-0.3, -0.25) is 9.59 Å². The van der Waals surface area contributed by atoms with E-state index in [9.17, 15) is 9.59 Å². The van der Waals surface area contributed by atoms with Gasteiger partial charge in [0.1, 0.15) is 18.3 Å². The molecule has 5 aliphatic carbocycles. The largest absolute Gasteiger partial charge is 0.458 e. The van der Waals surface area contributed by atoms with Gasteiger partial charge in [0.05, 0.1) is 17.9 Å². The number of rotatable bonds is 3. The number of nitrogens with zero attached hydrogens (tertiary/aromatic N) is 3. The van der Waals surface area contributed by atoms with Gasteiger partial charge in [0, 0.05) is 5.54 Å². The van der Waals surface area contributed by atoms with Crippen LogP contribution in [0.1, 0.15) is 70.6 Å². The van der Waals surface area contributed by atoms with E-state index in [-0.39, 0.29) is 35.3 Å². The zero-order valence-corrected chi connectivity index (χ0v) is 16.2. The van der Waals surface area contributed by atoms with Crippen molar-refractivity contribution in [2.24, 2.45) is 17.8 Å². The van der Waals surface area contributed by atoms with Gasteiger partial charge in [-0.1, -0.05) is 0 Å². The number of amides is 1. The Hall–Kier alpha value is -1.92. The van der Waals surface area contributed by atoms with Crippen LogP contribution in [0.2, 0.25) is 0 Å². The molecular formula is C21H28N4O3. The van der Waals surface area contributed by atoms with Crippen molar-refractivity contribution in [3.8, 4) is 0 Å². The fourth-order valence-corrected chi connectivity index (χ4v) is 7.88. The zero-order valence-electron chi connectivity index (χ0n) is 16.2. The molecule has 1 saturated heterocycles. The fraction of sp³-hybridized carbons (Fsp3) is 0.810. The predicted molar refractivity (Wildman–Crippen MR) is 98.9 cm³/mol. The van der Waals surface area contributed by atoms with E-state index in [0.29, 0.717) is 11.8 Å². The van der Waals surface area contributed by atoms with Gasteiger partial charge in [0.25, 0.3) is 0 Å². The van der Waals surface area contributed by atoms with Crippen LogP contribution in [-0.2, 0) is 19.9 Å². The highest BCUT2D eigenvalue weighted by Crippen LogP contribution is 2.60. The highest BCUT2D eigenvalue weighted by Gasteiger charge is 2.61. The molecule has 7 heteroatoms. The molecule has 5 saturated carbocycles. The molecule has 3 atom stereocenters.